The van der Waals surface area contributed by atoms with E-state index in [4.69, 9.17) is 10.6 Å². The van der Waals surface area contributed by atoms with Crippen LogP contribution in [0.2, 0.25) is 0 Å². The molecule has 2 aromatic rings. The molecule has 6 nitrogen and oxygen atoms in total. The first kappa shape index (κ1) is 10.4. The SMILES string of the molecule is COc1ncnc2c(S(=O)ON)csc12. The fraction of sp³-hybridized carbons (Fsp3) is 0.143. The molecule has 0 amide bonds. The summed E-state index contributed by atoms with van der Waals surface area (Å²) in [5.41, 5.74) is 0.538. The molecule has 0 aliphatic carbocycles. The van der Waals surface area contributed by atoms with Gasteiger partial charge in [0.1, 0.15) is 21.4 Å². The number of thiophene rings is 1. The van der Waals surface area contributed by atoms with E-state index in [0.29, 0.717) is 16.3 Å². The third-order valence-electron chi connectivity index (χ3n) is 1.75. The minimum Gasteiger partial charge on any atom is -0.480 e. The molecule has 0 fully saturated rings. The van der Waals surface area contributed by atoms with Crippen LogP contribution in [-0.4, -0.2) is 21.3 Å². The summed E-state index contributed by atoms with van der Waals surface area (Å²) in [6, 6.07) is 0. The Bertz CT molecular complexity index is 513. The van der Waals surface area contributed by atoms with Crippen LogP contribution >= 0.6 is 11.3 Å². The van der Waals surface area contributed by atoms with Gasteiger partial charge >= 0.3 is 0 Å². The molecule has 0 aliphatic heterocycles. The maximum atomic E-state index is 11.4. The van der Waals surface area contributed by atoms with E-state index in [1.165, 1.54) is 24.8 Å². The predicted octanol–water partition coefficient (Wildman–Crippen LogP) is 0.613. The normalized spacial score (nSPS) is 12.9. The Morgan fingerprint density at radius 3 is 3.00 bits per heavy atom. The molecule has 0 aromatic carbocycles. The van der Waals surface area contributed by atoms with Crippen LogP contribution in [0.25, 0.3) is 10.2 Å². The minimum atomic E-state index is -1.70. The van der Waals surface area contributed by atoms with Crippen LogP contribution in [0.5, 0.6) is 5.88 Å². The van der Waals surface area contributed by atoms with Crippen molar-refractivity contribution in [1.29, 1.82) is 0 Å². The van der Waals surface area contributed by atoms with Gasteiger partial charge in [-0.2, -0.15) is 10.2 Å². The Balaban J connectivity index is 2.66. The van der Waals surface area contributed by atoms with Crippen LogP contribution in [0.1, 0.15) is 0 Å². The number of fused-ring (bicyclic) bond motifs is 1. The van der Waals surface area contributed by atoms with Crippen molar-refractivity contribution >= 4 is 32.6 Å². The van der Waals surface area contributed by atoms with Gasteiger partial charge in [-0.15, -0.1) is 11.3 Å². The Morgan fingerprint density at radius 2 is 2.33 bits per heavy atom. The van der Waals surface area contributed by atoms with Crippen molar-refractivity contribution in [3.8, 4) is 5.88 Å². The summed E-state index contributed by atoms with van der Waals surface area (Å²) in [6.07, 6.45) is 1.34. The number of nitrogens with two attached hydrogens (primary N) is 1. The smallest absolute Gasteiger partial charge is 0.234 e. The summed E-state index contributed by atoms with van der Waals surface area (Å²) >= 11 is -0.371. The van der Waals surface area contributed by atoms with Crippen LogP contribution in [0, 0.1) is 0 Å². The van der Waals surface area contributed by atoms with Gasteiger partial charge in [-0.25, -0.2) is 14.2 Å². The lowest BCUT2D eigenvalue weighted by atomic mass is 10.5. The molecule has 0 radical (unpaired) electrons. The van der Waals surface area contributed by atoms with Crippen molar-refractivity contribution in [2.24, 2.45) is 5.90 Å². The summed E-state index contributed by atoms with van der Waals surface area (Å²) < 4.78 is 21.4. The van der Waals surface area contributed by atoms with Crippen molar-refractivity contribution in [2.75, 3.05) is 7.11 Å². The van der Waals surface area contributed by atoms with Gasteiger partial charge in [0.25, 0.3) is 0 Å². The lowest BCUT2D eigenvalue weighted by Gasteiger charge is -1.98. The van der Waals surface area contributed by atoms with Crippen LogP contribution in [0.15, 0.2) is 16.6 Å². The number of hydrogen-bond donors (Lipinski definition) is 1. The molecule has 2 rings (SSSR count). The van der Waals surface area contributed by atoms with E-state index in [0.717, 1.165) is 4.70 Å². The van der Waals surface area contributed by atoms with Crippen LogP contribution in [0.4, 0.5) is 0 Å². The molecule has 8 heteroatoms. The maximum Gasteiger partial charge on any atom is 0.234 e. The monoisotopic (exact) mass is 245 g/mol. The number of aromatic nitrogens is 2. The Hall–Kier alpha value is -1.09. The Labute approximate surface area is 91.7 Å². The van der Waals surface area contributed by atoms with Gasteiger partial charge in [0.2, 0.25) is 17.0 Å². The first-order valence-corrected chi connectivity index (χ1v) is 5.78. The molecule has 1 unspecified atom stereocenters. The second-order valence-electron chi connectivity index (χ2n) is 2.49. The molecule has 0 saturated heterocycles. The molecule has 0 spiro atoms. The lowest BCUT2D eigenvalue weighted by Crippen LogP contribution is -2.03. The number of rotatable bonds is 3. The third-order valence-corrected chi connectivity index (χ3v) is 3.70. The Morgan fingerprint density at radius 1 is 1.53 bits per heavy atom. The van der Waals surface area contributed by atoms with Crippen LogP contribution in [-0.2, 0) is 15.4 Å². The third kappa shape index (κ3) is 1.72. The van der Waals surface area contributed by atoms with Gasteiger partial charge in [-0.1, -0.05) is 0 Å². The van der Waals surface area contributed by atoms with Gasteiger partial charge in [0, 0.05) is 5.38 Å². The number of methoxy groups -OCH3 is 1. The number of hydrogen-bond acceptors (Lipinski definition) is 7. The van der Waals surface area contributed by atoms with Gasteiger partial charge in [-0.05, 0) is 0 Å². The molecule has 1 atom stereocenters. The van der Waals surface area contributed by atoms with Crippen molar-refractivity contribution in [3.05, 3.63) is 11.7 Å². The van der Waals surface area contributed by atoms with E-state index < -0.39 is 11.1 Å². The van der Waals surface area contributed by atoms with Gasteiger partial charge in [0.05, 0.1) is 7.11 Å². The van der Waals surface area contributed by atoms with Gasteiger partial charge in [0.15, 0.2) is 0 Å². The van der Waals surface area contributed by atoms with E-state index in [9.17, 15) is 4.21 Å². The largest absolute Gasteiger partial charge is 0.480 e. The molecule has 80 valence electrons. The van der Waals surface area contributed by atoms with Crippen molar-refractivity contribution in [3.63, 3.8) is 0 Å². The highest BCUT2D eigenvalue weighted by Gasteiger charge is 2.15. The summed E-state index contributed by atoms with van der Waals surface area (Å²) in [5.74, 6) is 5.30. The highest BCUT2D eigenvalue weighted by molar-refractivity contribution is 7.80. The van der Waals surface area contributed by atoms with Gasteiger partial charge < -0.3 is 4.74 Å². The molecule has 2 heterocycles. The summed E-state index contributed by atoms with van der Waals surface area (Å²) in [7, 11) is 1.51. The summed E-state index contributed by atoms with van der Waals surface area (Å²) in [6.45, 7) is 0. The quantitative estimate of drug-likeness (QED) is 0.797. The average molecular weight is 245 g/mol. The van der Waals surface area contributed by atoms with Gasteiger partial charge in [-0.3, -0.25) is 0 Å². The second kappa shape index (κ2) is 4.19. The van der Waals surface area contributed by atoms with Crippen molar-refractivity contribution in [2.45, 2.75) is 4.90 Å². The number of ether oxygens (including phenoxy) is 1. The van der Waals surface area contributed by atoms with Crippen molar-refractivity contribution < 1.29 is 13.2 Å². The standard InChI is InChI=1S/C7H7N3O3S2/c1-12-7-6-5(9-3-10-7)4(2-14-6)15(11)13-8/h2-3H,8H2,1H3. The van der Waals surface area contributed by atoms with E-state index in [1.54, 1.807) is 5.38 Å². The van der Waals surface area contributed by atoms with Crippen molar-refractivity contribution in [1.82, 2.24) is 9.97 Å². The molecule has 2 N–H and O–H groups in total. The topological polar surface area (TPSA) is 87.3 Å². The molecule has 0 bridgehead atoms. The van der Waals surface area contributed by atoms with E-state index in [-0.39, 0.29) is 0 Å². The zero-order chi connectivity index (χ0) is 10.8. The molecule has 0 aliphatic rings. The second-order valence-corrected chi connectivity index (χ2v) is 4.47. The predicted molar refractivity (Wildman–Crippen MR) is 55.6 cm³/mol. The fourth-order valence-electron chi connectivity index (χ4n) is 1.12. The van der Waals surface area contributed by atoms with E-state index in [1.807, 2.05) is 0 Å². The van der Waals surface area contributed by atoms with E-state index >= 15 is 0 Å². The maximum absolute atomic E-state index is 11.4. The average Bonchev–Trinajstić information content (AvgIpc) is 2.71. The zero-order valence-corrected chi connectivity index (χ0v) is 9.30. The van der Waals surface area contributed by atoms with E-state index in [2.05, 4.69) is 14.3 Å². The zero-order valence-electron chi connectivity index (χ0n) is 7.67. The Kier molecular flexibility index (Phi) is 2.91. The molecule has 15 heavy (non-hydrogen) atoms. The fourth-order valence-corrected chi connectivity index (χ4v) is 2.91. The first-order chi connectivity index (χ1) is 7.27. The minimum absolute atomic E-state index is 0.429. The van der Waals surface area contributed by atoms with Crippen LogP contribution in [0.3, 0.4) is 0 Å². The number of nitrogens with zero attached hydrogens (tertiary/aromatic N) is 2. The first-order valence-electron chi connectivity index (χ1n) is 3.83. The lowest BCUT2D eigenvalue weighted by molar-refractivity contribution is 0.367. The highest BCUT2D eigenvalue weighted by atomic mass is 32.2. The summed E-state index contributed by atoms with van der Waals surface area (Å²) in [4.78, 5) is 8.37. The molecular weight excluding hydrogens is 238 g/mol. The highest BCUT2D eigenvalue weighted by Crippen LogP contribution is 2.31. The molecule has 0 saturated carbocycles. The molecule has 2 aromatic heterocycles. The van der Waals surface area contributed by atoms with Crippen LogP contribution < -0.4 is 10.6 Å². The summed E-state index contributed by atoms with van der Waals surface area (Å²) in [5, 5.41) is 1.66. The molecular formula is C7H7N3O3S2.